The summed E-state index contributed by atoms with van der Waals surface area (Å²) in [4.78, 5) is 13.3. The van der Waals surface area contributed by atoms with Crippen LogP contribution in [0, 0.1) is 5.92 Å². The Kier molecular flexibility index (Phi) is 7.79. The SMILES string of the molecule is CC[C@@H](NC(=O)c1cc(S(=O)(=O)N2CCC(C)CC2)ccc1OC)c1ccc(OC)cc1. The number of sulfonamides is 1. The van der Waals surface area contributed by atoms with Gasteiger partial charge in [0.25, 0.3) is 5.91 Å². The molecule has 1 amide bonds. The molecule has 1 atom stereocenters. The molecule has 1 fully saturated rings. The minimum atomic E-state index is -3.68. The average Bonchev–Trinajstić information content (AvgIpc) is 2.82. The number of hydrogen-bond acceptors (Lipinski definition) is 5. The highest BCUT2D eigenvalue weighted by atomic mass is 32.2. The van der Waals surface area contributed by atoms with E-state index in [0.717, 1.165) is 24.2 Å². The number of benzene rings is 2. The second-order valence-corrected chi connectivity index (χ2v) is 10.1. The maximum absolute atomic E-state index is 13.2. The molecular formula is C24H32N2O5S. The van der Waals surface area contributed by atoms with E-state index >= 15 is 0 Å². The minimum absolute atomic E-state index is 0.107. The molecule has 1 aliphatic rings. The van der Waals surface area contributed by atoms with Crippen molar-refractivity contribution in [1.29, 1.82) is 0 Å². The maximum Gasteiger partial charge on any atom is 0.255 e. The van der Waals surface area contributed by atoms with E-state index in [1.807, 2.05) is 31.2 Å². The van der Waals surface area contributed by atoms with Crippen LogP contribution in [0.3, 0.4) is 0 Å². The van der Waals surface area contributed by atoms with Gasteiger partial charge in [-0.15, -0.1) is 0 Å². The van der Waals surface area contributed by atoms with E-state index in [1.54, 1.807) is 13.2 Å². The van der Waals surface area contributed by atoms with Crippen molar-refractivity contribution in [2.45, 2.75) is 44.0 Å². The predicted octanol–water partition coefficient (Wildman–Crippen LogP) is 4.01. The van der Waals surface area contributed by atoms with Crippen molar-refractivity contribution in [3.05, 3.63) is 53.6 Å². The summed E-state index contributed by atoms with van der Waals surface area (Å²) >= 11 is 0. The van der Waals surface area contributed by atoms with Gasteiger partial charge in [0, 0.05) is 13.1 Å². The Morgan fingerprint density at radius 2 is 1.75 bits per heavy atom. The third-order valence-electron chi connectivity index (χ3n) is 6.03. The first-order valence-corrected chi connectivity index (χ1v) is 12.4. The third-order valence-corrected chi connectivity index (χ3v) is 7.92. The largest absolute Gasteiger partial charge is 0.497 e. The zero-order valence-corrected chi connectivity index (χ0v) is 19.9. The highest BCUT2D eigenvalue weighted by Gasteiger charge is 2.29. The minimum Gasteiger partial charge on any atom is -0.497 e. The number of ether oxygens (including phenoxy) is 2. The molecule has 7 nitrogen and oxygen atoms in total. The maximum atomic E-state index is 13.2. The number of nitrogens with zero attached hydrogens (tertiary/aromatic N) is 1. The number of carbonyl (C=O) groups excluding carboxylic acids is 1. The lowest BCUT2D eigenvalue weighted by Crippen LogP contribution is -2.38. The van der Waals surface area contributed by atoms with Gasteiger partial charge in [0.2, 0.25) is 10.0 Å². The van der Waals surface area contributed by atoms with E-state index in [1.165, 1.54) is 23.5 Å². The van der Waals surface area contributed by atoms with Crippen molar-refractivity contribution < 1.29 is 22.7 Å². The van der Waals surface area contributed by atoms with Crippen LogP contribution in [0.25, 0.3) is 0 Å². The van der Waals surface area contributed by atoms with Gasteiger partial charge < -0.3 is 14.8 Å². The van der Waals surface area contributed by atoms with Crippen molar-refractivity contribution in [3.8, 4) is 11.5 Å². The summed E-state index contributed by atoms with van der Waals surface area (Å²) < 4.78 is 38.4. The summed E-state index contributed by atoms with van der Waals surface area (Å²) in [7, 11) is -0.608. The number of rotatable bonds is 8. The lowest BCUT2D eigenvalue weighted by molar-refractivity contribution is 0.0932. The molecule has 0 aliphatic carbocycles. The van der Waals surface area contributed by atoms with E-state index in [0.29, 0.717) is 31.2 Å². The zero-order chi connectivity index (χ0) is 23.3. The first-order chi connectivity index (χ1) is 15.3. The second kappa shape index (κ2) is 10.4. The fraction of sp³-hybridized carbons (Fsp3) is 0.458. The molecule has 1 N–H and O–H groups in total. The van der Waals surface area contributed by atoms with Crippen LogP contribution in [0.5, 0.6) is 11.5 Å². The van der Waals surface area contributed by atoms with Gasteiger partial charge in [-0.3, -0.25) is 4.79 Å². The van der Waals surface area contributed by atoms with Crippen molar-refractivity contribution in [2.24, 2.45) is 5.92 Å². The summed E-state index contributed by atoms with van der Waals surface area (Å²) in [6.07, 6.45) is 2.34. The Balaban J connectivity index is 1.86. The highest BCUT2D eigenvalue weighted by molar-refractivity contribution is 7.89. The van der Waals surface area contributed by atoms with Gasteiger partial charge in [-0.2, -0.15) is 4.31 Å². The molecule has 0 aromatic heterocycles. The van der Waals surface area contributed by atoms with Crippen LogP contribution in [0.2, 0.25) is 0 Å². The summed E-state index contributed by atoms with van der Waals surface area (Å²) in [5, 5.41) is 3.01. The lowest BCUT2D eigenvalue weighted by atomic mass is 10.0. The summed E-state index contributed by atoms with van der Waals surface area (Å²) in [6, 6.07) is 11.7. The lowest BCUT2D eigenvalue weighted by Gasteiger charge is -2.29. The van der Waals surface area contributed by atoms with Crippen LogP contribution in [-0.2, 0) is 10.0 Å². The van der Waals surface area contributed by atoms with Gasteiger partial charge in [-0.05, 0) is 61.1 Å². The molecule has 1 aliphatic heterocycles. The van der Waals surface area contributed by atoms with Crippen LogP contribution < -0.4 is 14.8 Å². The molecule has 0 radical (unpaired) electrons. The molecule has 174 valence electrons. The topological polar surface area (TPSA) is 84.9 Å². The van der Waals surface area contributed by atoms with E-state index in [-0.39, 0.29) is 22.4 Å². The predicted molar refractivity (Wildman–Crippen MR) is 124 cm³/mol. The van der Waals surface area contributed by atoms with Crippen LogP contribution in [-0.4, -0.2) is 45.9 Å². The number of amides is 1. The quantitative estimate of drug-likeness (QED) is 0.644. The molecule has 0 saturated carbocycles. The number of carbonyl (C=O) groups is 1. The van der Waals surface area contributed by atoms with Gasteiger partial charge >= 0.3 is 0 Å². The molecule has 2 aromatic rings. The Morgan fingerprint density at radius 3 is 2.31 bits per heavy atom. The van der Waals surface area contributed by atoms with Gasteiger partial charge in [-0.25, -0.2) is 8.42 Å². The summed E-state index contributed by atoms with van der Waals surface area (Å²) in [5.41, 5.74) is 1.14. The van der Waals surface area contributed by atoms with Gasteiger partial charge in [-0.1, -0.05) is 26.0 Å². The van der Waals surface area contributed by atoms with Crippen LogP contribution >= 0.6 is 0 Å². The first kappa shape index (κ1) is 24.1. The Bertz CT molecular complexity index is 1030. The van der Waals surface area contributed by atoms with Crippen molar-refractivity contribution in [1.82, 2.24) is 9.62 Å². The Hall–Kier alpha value is -2.58. The monoisotopic (exact) mass is 460 g/mol. The smallest absolute Gasteiger partial charge is 0.255 e. The van der Waals surface area contributed by atoms with Crippen molar-refractivity contribution in [2.75, 3.05) is 27.3 Å². The van der Waals surface area contributed by atoms with Crippen LogP contribution in [0.1, 0.15) is 55.1 Å². The van der Waals surface area contributed by atoms with Gasteiger partial charge in [0.05, 0.1) is 30.7 Å². The molecule has 0 unspecified atom stereocenters. The zero-order valence-electron chi connectivity index (χ0n) is 19.1. The average molecular weight is 461 g/mol. The number of methoxy groups -OCH3 is 2. The third kappa shape index (κ3) is 5.24. The molecule has 0 spiro atoms. The van der Waals surface area contributed by atoms with Gasteiger partial charge in [0.15, 0.2) is 0 Å². The first-order valence-electron chi connectivity index (χ1n) is 10.9. The number of hydrogen-bond donors (Lipinski definition) is 1. The molecule has 0 bridgehead atoms. The van der Waals surface area contributed by atoms with E-state index in [4.69, 9.17) is 9.47 Å². The Labute approximate surface area is 190 Å². The molecule has 1 saturated heterocycles. The number of nitrogens with one attached hydrogen (secondary N) is 1. The molecule has 3 rings (SSSR count). The van der Waals surface area contributed by atoms with Gasteiger partial charge in [0.1, 0.15) is 11.5 Å². The molecule has 2 aromatic carbocycles. The fourth-order valence-corrected chi connectivity index (χ4v) is 5.39. The van der Waals surface area contributed by atoms with Crippen molar-refractivity contribution >= 4 is 15.9 Å². The summed E-state index contributed by atoms with van der Waals surface area (Å²) in [6.45, 7) is 5.09. The van der Waals surface area contributed by atoms with Crippen LogP contribution in [0.15, 0.2) is 47.4 Å². The fourth-order valence-electron chi connectivity index (χ4n) is 3.89. The standard InChI is InChI=1S/C24H32N2O5S/c1-5-22(18-6-8-19(30-3)9-7-18)25-24(27)21-16-20(10-11-23(21)31-4)32(28,29)26-14-12-17(2)13-15-26/h6-11,16-17,22H,5,12-15H2,1-4H3,(H,25,27)/t22-/m1/s1. The second-order valence-electron chi connectivity index (χ2n) is 8.16. The van der Waals surface area contributed by atoms with Crippen molar-refractivity contribution in [3.63, 3.8) is 0 Å². The normalized spacial score (nSPS) is 16.4. The molecular weight excluding hydrogens is 428 g/mol. The molecule has 8 heteroatoms. The Morgan fingerprint density at radius 1 is 1.09 bits per heavy atom. The van der Waals surface area contributed by atoms with E-state index < -0.39 is 10.0 Å². The van der Waals surface area contributed by atoms with Crippen LogP contribution in [0.4, 0.5) is 0 Å². The van der Waals surface area contributed by atoms with E-state index in [9.17, 15) is 13.2 Å². The molecule has 32 heavy (non-hydrogen) atoms. The van der Waals surface area contributed by atoms with E-state index in [2.05, 4.69) is 12.2 Å². The number of piperidine rings is 1. The summed E-state index contributed by atoms with van der Waals surface area (Å²) in [5.74, 6) is 1.20. The molecule has 1 heterocycles. The highest BCUT2D eigenvalue weighted by Crippen LogP contribution is 2.28.